The number of ether oxygens (including phenoxy) is 2. The van der Waals surface area contributed by atoms with E-state index in [1.807, 2.05) is 18.2 Å². The number of benzene rings is 2. The van der Waals surface area contributed by atoms with Gasteiger partial charge in [-0.25, -0.2) is 0 Å². The predicted molar refractivity (Wildman–Crippen MR) is 86.8 cm³/mol. The molecule has 3 nitrogen and oxygen atoms in total. The monoisotopic (exact) mass is 299 g/mol. The predicted octanol–water partition coefficient (Wildman–Crippen LogP) is 4.06. The van der Waals surface area contributed by atoms with Crippen LogP contribution < -0.4 is 9.47 Å². The highest BCUT2D eigenvalue weighted by Crippen LogP contribution is 2.35. The Morgan fingerprint density at radius 2 is 1.81 bits per heavy atom. The number of aryl methyl sites for hydroxylation is 1. The quantitative estimate of drug-likeness (QED) is 0.856. The molecule has 0 aromatic heterocycles. The van der Waals surface area contributed by atoms with Gasteiger partial charge in [-0.2, -0.15) is 0 Å². The second-order valence-electron chi connectivity index (χ2n) is 4.90. The van der Waals surface area contributed by atoms with Gasteiger partial charge in [0.05, 0.1) is 20.8 Å². The third kappa shape index (κ3) is 2.76. The van der Waals surface area contributed by atoms with Gasteiger partial charge in [0, 0.05) is 10.5 Å². The number of methoxy groups -OCH3 is 2. The van der Waals surface area contributed by atoms with Gasteiger partial charge >= 0.3 is 0 Å². The van der Waals surface area contributed by atoms with Gasteiger partial charge in [-0.15, -0.1) is 0 Å². The summed E-state index contributed by atoms with van der Waals surface area (Å²) in [6.45, 7) is 2.84. The summed E-state index contributed by atoms with van der Waals surface area (Å²) in [5, 5.41) is 1.02. The zero-order chi connectivity index (χ0) is 14.8. The smallest absolute Gasteiger partial charge is 0.161 e. The van der Waals surface area contributed by atoms with E-state index in [9.17, 15) is 0 Å². The maximum absolute atomic E-state index is 5.36. The van der Waals surface area contributed by atoms with Gasteiger partial charge in [-0.05, 0) is 36.8 Å². The molecule has 1 aliphatic heterocycles. The average Bonchev–Trinajstić information content (AvgIpc) is 2.53. The molecule has 0 amide bonds. The second kappa shape index (κ2) is 5.82. The van der Waals surface area contributed by atoms with Crippen LogP contribution in [0.2, 0.25) is 0 Å². The molecule has 0 bridgehead atoms. The average molecular weight is 299 g/mol. The van der Waals surface area contributed by atoms with E-state index in [-0.39, 0.29) is 0 Å². The van der Waals surface area contributed by atoms with Crippen LogP contribution in [-0.4, -0.2) is 19.3 Å². The first-order valence-electron chi connectivity index (χ1n) is 6.75. The van der Waals surface area contributed by atoms with Crippen LogP contribution in [0, 0.1) is 6.92 Å². The number of hydrogen-bond donors (Lipinski definition) is 0. The third-order valence-electron chi connectivity index (χ3n) is 3.45. The summed E-state index contributed by atoms with van der Waals surface area (Å²) >= 11 is 1.71. The SMILES string of the molecule is COc1ccc(C2=NCc3cc(C)ccc3S2)cc1OC. The largest absolute Gasteiger partial charge is 0.493 e. The van der Waals surface area contributed by atoms with Crippen molar-refractivity contribution in [1.29, 1.82) is 0 Å². The van der Waals surface area contributed by atoms with E-state index in [1.165, 1.54) is 16.0 Å². The molecule has 0 aliphatic carbocycles. The van der Waals surface area contributed by atoms with Crippen LogP contribution in [0.1, 0.15) is 16.7 Å². The van der Waals surface area contributed by atoms with Crippen molar-refractivity contribution in [2.75, 3.05) is 14.2 Å². The lowest BCUT2D eigenvalue weighted by Crippen LogP contribution is -2.04. The fourth-order valence-electron chi connectivity index (χ4n) is 2.34. The fourth-order valence-corrected chi connectivity index (χ4v) is 3.32. The molecule has 2 aromatic carbocycles. The van der Waals surface area contributed by atoms with Crippen molar-refractivity contribution >= 4 is 16.8 Å². The van der Waals surface area contributed by atoms with E-state index in [4.69, 9.17) is 14.5 Å². The Balaban J connectivity index is 1.92. The van der Waals surface area contributed by atoms with E-state index in [0.717, 1.165) is 28.7 Å². The maximum atomic E-state index is 5.36. The summed E-state index contributed by atoms with van der Waals surface area (Å²) < 4.78 is 10.6. The second-order valence-corrected chi connectivity index (χ2v) is 5.94. The Morgan fingerprint density at radius 3 is 2.57 bits per heavy atom. The van der Waals surface area contributed by atoms with Crippen LogP contribution in [0.3, 0.4) is 0 Å². The van der Waals surface area contributed by atoms with Crippen molar-refractivity contribution in [1.82, 2.24) is 0 Å². The highest BCUT2D eigenvalue weighted by molar-refractivity contribution is 8.14. The number of fused-ring (bicyclic) bond motifs is 1. The molecule has 0 N–H and O–H groups in total. The summed E-state index contributed by atoms with van der Waals surface area (Å²) in [7, 11) is 3.29. The Bertz CT molecular complexity index is 710. The summed E-state index contributed by atoms with van der Waals surface area (Å²) in [6, 6.07) is 12.4. The molecule has 0 radical (unpaired) electrons. The number of rotatable bonds is 3. The Kier molecular flexibility index (Phi) is 3.88. The van der Waals surface area contributed by atoms with E-state index < -0.39 is 0 Å². The summed E-state index contributed by atoms with van der Waals surface area (Å²) in [5.41, 5.74) is 3.63. The molecule has 1 aliphatic rings. The highest BCUT2D eigenvalue weighted by Gasteiger charge is 2.16. The van der Waals surface area contributed by atoms with Gasteiger partial charge in [-0.3, -0.25) is 4.99 Å². The third-order valence-corrected chi connectivity index (χ3v) is 4.62. The molecule has 21 heavy (non-hydrogen) atoms. The van der Waals surface area contributed by atoms with E-state index in [2.05, 4.69) is 25.1 Å². The lowest BCUT2D eigenvalue weighted by Gasteiger charge is -2.17. The van der Waals surface area contributed by atoms with Gasteiger partial charge in [0.25, 0.3) is 0 Å². The van der Waals surface area contributed by atoms with Crippen LogP contribution in [0.5, 0.6) is 11.5 Å². The van der Waals surface area contributed by atoms with Gasteiger partial charge in [0.1, 0.15) is 5.04 Å². The summed E-state index contributed by atoms with van der Waals surface area (Å²) in [4.78, 5) is 5.97. The maximum Gasteiger partial charge on any atom is 0.161 e. The zero-order valence-corrected chi connectivity index (χ0v) is 13.2. The Hall–Kier alpha value is -1.94. The molecular formula is C17H17NO2S. The van der Waals surface area contributed by atoms with Crippen LogP contribution in [0.15, 0.2) is 46.3 Å². The lowest BCUT2D eigenvalue weighted by atomic mass is 10.1. The topological polar surface area (TPSA) is 30.8 Å². The molecule has 0 spiro atoms. The fraction of sp³-hybridized carbons (Fsp3) is 0.235. The minimum Gasteiger partial charge on any atom is -0.493 e. The van der Waals surface area contributed by atoms with Crippen molar-refractivity contribution in [2.24, 2.45) is 4.99 Å². The molecule has 0 fully saturated rings. The normalized spacial score (nSPS) is 13.4. The number of hydrogen-bond acceptors (Lipinski definition) is 4. The first kappa shape index (κ1) is 14.0. The van der Waals surface area contributed by atoms with Crippen LogP contribution in [0.4, 0.5) is 0 Å². The van der Waals surface area contributed by atoms with Crippen molar-refractivity contribution in [3.8, 4) is 11.5 Å². The first-order valence-corrected chi connectivity index (χ1v) is 7.57. The van der Waals surface area contributed by atoms with Gasteiger partial charge < -0.3 is 9.47 Å². The number of thioether (sulfide) groups is 1. The molecule has 0 unspecified atom stereocenters. The molecule has 0 saturated heterocycles. The zero-order valence-electron chi connectivity index (χ0n) is 12.3. The van der Waals surface area contributed by atoms with Crippen LogP contribution in [0.25, 0.3) is 0 Å². The van der Waals surface area contributed by atoms with Crippen LogP contribution >= 0.6 is 11.8 Å². The van der Waals surface area contributed by atoms with Crippen molar-refractivity contribution in [3.63, 3.8) is 0 Å². The first-order chi connectivity index (χ1) is 10.2. The summed E-state index contributed by atoms with van der Waals surface area (Å²) in [5.74, 6) is 1.46. The van der Waals surface area contributed by atoms with Crippen molar-refractivity contribution in [3.05, 3.63) is 53.1 Å². The molecule has 0 saturated carbocycles. The van der Waals surface area contributed by atoms with Crippen molar-refractivity contribution in [2.45, 2.75) is 18.4 Å². The molecule has 108 valence electrons. The minimum absolute atomic E-state index is 0.730. The molecule has 4 heteroatoms. The minimum atomic E-state index is 0.730. The molecule has 0 atom stereocenters. The number of aliphatic imine (C=N–C) groups is 1. The standard InChI is InChI=1S/C17H17NO2S/c1-11-4-7-16-13(8-11)10-18-17(21-16)12-5-6-14(19-2)15(9-12)20-3/h4-9H,10H2,1-3H3. The molecule has 3 rings (SSSR count). The molecule has 1 heterocycles. The van der Waals surface area contributed by atoms with Gasteiger partial charge in [0.15, 0.2) is 11.5 Å². The lowest BCUT2D eigenvalue weighted by molar-refractivity contribution is 0.355. The number of nitrogens with zero attached hydrogens (tertiary/aromatic N) is 1. The van der Waals surface area contributed by atoms with E-state index in [0.29, 0.717) is 0 Å². The molecular weight excluding hydrogens is 282 g/mol. The van der Waals surface area contributed by atoms with Crippen molar-refractivity contribution < 1.29 is 9.47 Å². The van der Waals surface area contributed by atoms with E-state index in [1.54, 1.807) is 26.0 Å². The van der Waals surface area contributed by atoms with Gasteiger partial charge in [-0.1, -0.05) is 29.5 Å². The Morgan fingerprint density at radius 1 is 1.00 bits per heavy atom. The summed E-state index contributed by atoms with van der Waals surface area (Å²) in [6.07, 6.45) is 0. The molecule has 2 aromatic rings. The van der Waals surface area contributed by atoms with Gasteiger partial charge in [0.2, 0.25) is 0 Å². The van der Waals surface area contributed by atoms with E-state index >= 15 is 0 Å². The highest BCUT2D eigenvalue weighted by atomic mass is 32.2. The van der Waals surface area contributed by atoms with Crippen LogP contribution in [-0.2, 0) is 6.54 Å². The Labute approximate surface area is 129 Å².